The third-order valence-corrected chi connectivity index (χ3v) is 5.57. The third kappa shape index (κ3) is 3.83. The van der Waals surface area contributed by atoms with Gasteiger partial charge < -0.3 is 5.32 Å². The zero-order valence-electron chi connectivity index (χ0n) is 12.0. The number of halogens is 2. The predicted octanol–water partition coefficient (Wildman–Crippen LogP) is 5.21. The van der Waals surface area contributed by atoms with E-state index in [2.05, 4.69) is 10.3 Å². The molecule has 3 aromatic rings. The SMILES string of the molecule is C[C@@H](Sc1nc2cc(Cl)ccc2s1)C(=O)Nc1ccccc1F. The molecule has 0 radical (unpaired) electrons. The van der Waals surface area contributed by atoms with Crippen LogP contribution in [0, 0.1) is 5.82 Å². The third-order valence-electron chi connectivity index (χ3n) is 3.11. The van der Waals surface area contributed by atoms with Gasteiger partial charge in [-0.3, -0.25) is 4.79 Å². The first-order valence-electron chi connectivity index (χ1n) is 6.81. The van der Waals surface area contributed by atoms with Crippen molar-refractivity contribution in [3.05, 3.63) is 53.3 Å². The molecule has 1 amide bonds. The second-order valence-corrected chi connectivity index (χ2v) is 7.88. The van der Waals surface area contributed by atoms with Crippen molar-refractivity contribution in [2.45, 2.75) is 16.5 Å². The number of nitrogens with one attached hydrogen (secondary N) is 1. The van der Waals surface area contributed by atoms with Crippen molar-refractivity contribution in [1.29, 1.82) is 0 Å². The number of carbonyl (C=O) groups is 1. The fourth-order valence-electron chi connectivity index (χ4n) is 1.93. The van der Waals surface area contributed by atoms with Crippen LogP contribution in [0.5, 0.6) is 0 Å². The number of anilines is 1. The van der Waals surface area contributed by atoms with E-state index < -0.39 is 11.1 Å². The number of carbonyl (C=O) groups excluding carboxylic acids is 1. The van der Waals surface area contributed by atoms with Crippen molar-refractivity contribution in [3.63, 3.8) is 0 Å². The van der Waals surface area contributed by atoms with Crippen LogP contribution in [0.2, 0.25) is 5.02 Å². The van der Waals surface area contributed by atoms with Crippen LogP contribution in [0.4, 0.5) is 10.1 Å². The average Bonchev–Trinajstić information content (AvgIpc) is 2.90. The molecule has 0 aliphatic carbocycles. The molecule has 0 saturated carbocycles. The number of aromatic nitrogens is 1. The summed E-state index contributed by atoms with van der Waals surface area (Å²) in [5.74, 6) is -0.718. The number of para-hydroxylation sites is 1. The molecular formula is C16H12ClFN2OS2. The van der Waals surface area contributed by atoms with Gasteiger partial charge in [-0.15, -0.1) is 11.3 Å². The van der Waals surface area contributed by atoms with E-state index in [1.54, 1.807) is 25.1 Å². The molecule has 7 heteroatoms. The lowest BCUT2D eigenvalue weighted by Gasteiger charge is -2.10. The standard InChI is InChI=1S/C16H12ClFN2OS2/c1-9(15(21)19-12-5-3-2-4-11(12)18)22-16-20-13-8-10(17)6-7-14(13)23-16/h2-9H,1H3,(H,19,21)/t9-/m1/s1. The number of thioether (sulfide) groups is 1. The zero-order valence-corrected chi connectivity index (χ0v) is 14.4. The number of nitrogens with zero attached hydrogens (tertiary/aromatic N) is 1. The molecule has 118 valence electrons. The van der Waals surface area contributed by atoms with Gasteiger partial charge in [0.25, 0.3) is 0 Å². The highest BCUT2D eigenvalue weighted by Gasteiger charge is 2.18. The Balaban J connectivity index is 1.71. The smallest absolute Gasteiger partial charge is 0.237 e. The largest absolute Gasteiger partial charge is 0.323 e. The molecule has 3 rings (SSSR count). The van der Waals surface area contributed by atoms with Gasteiger partial charge >= 0.3 is 0 Å². The number of thiazole rings is 1. The molecule has 3 nitrogen and oxygen atoms in total. The van der Waals surface area contributed by atoms with E-state index in [-0.39, 0.29) is 11.6 Å². The molecule has 0 saturated heterocycles. The average molecular weight is 367 g/mol. The van der Waals surface area contributed by atoms with Gasteiger partial charge in [-0.05, 0) is 37.3 Å². The van der Waals surface area contributed by atoms with Crippen molar-refractivity contribution in [2.75, 3.05) is 5.32 Å². The summed E-state index contributed by atoms with van der Waals surface area (Å²) < 4.78 is 15.4. The predicted molar refractivity (Wildman–Crippen MR) is 95.0 cm³/mol. The summed E-state index contributed by atoms with van der Waals surface area (Å²) in [5, 5.41) is 2.83. The molecular weight excluding hydrogens is 355 g/mol. The van der Waals surface area contributed by atoms with E-state index in [0.717, 1.165) is 14.6 Å². The lowest BCUT2D eigenvalue weighted by molar-refractivity contribution is -0.115. The second-order valence-electron chi connectivity index (χ2n) is 4.82. The summed E-state index contributed by atoms with van der Waals surface area (Å²) in [6.07, 6.45) is 0. The zero-order chi connectivity index (χ0) is 16.4. The molecule has 1 atom stereocenters. The Hall–Kier alpha value is -1.63. The summed E-state index contributed by atoms with van der Waals surface area (Å²) in [4.78, 5) is 16.7. The molecule has 0 aliphatic heterocycles. The topological polar surface area (TPSA) is 42.0 Å². The van der Waals surface area contributed by atoms with Gasteiger partial charge in [-0.1, -0.05) is 35.5 Å². The number of fused-ring (bicyclic) bond motifs is 1. The fraction of sp³-hybridized carbons (Fsp3) is 0.125. The minimum atomic E-state index is -0.451. The molecule has 1 N–H and O–H groups in total. The van der Waals surface area contributed by atoms with Crippen LogP contribution < -0.4 is 5.32 Å². The van der Waals surface area contributed by atoms with Gasteiger partial charge in [0, 0.05) is 5.02 Å². The van der Waals surface area contributed by atoms with E-state index >= 15 is 0 Å². The highest BCUT2D eigenvalue weighted by molar-refractivity contribution is 8.02. The number of rotatable bonds is 4. The van der Waals surface area contributed by atoms with Crippen LogP contribution in [0.25, 0.3) is 10.2 Å². The van der Waals surface area contributed by atoms with Gasteiger partial charge in [0.2, 0.25) is 5.91 Å². The van der Waals surface area contributed by atoms with E-state index in [4.69, 9.17) is 11.6 Å². The summed E-state index contributed by atoms with van der Waals surface area (Å²) in [5.41, 5.74) is 0.993. The Morgan fingerprint density at radius 2 is 2.13 bits per heavy atom. The molecule has 0 aliphatic rings. The van der Waals surface area contributed by atoms with E-state index in [0.29, 0.717) is 5.02 Å². The number of hydrogen-bond donors (Lipinski definition) is 1. The molecule has 0 unspecified atom stereocenters. The maximum absolute atomic E-state index is 13.6. The highest BCUT2D eigenvalue weighted by atomic mass is 35.5. The molecule has 23 heavy (non-hydrogen) atoms. The molecule has 1 aromatic heterocycles. The van der Waals surface area contributed by atoms with E-state index in [1.165, 1.54) is 35.2 Å². The molecule has 0 bridgehead atoms. The molecule has 2 aromatic carbocycles. The molecule has 1 heterocycles. The van der Waals surface area contributed by atoms with Crippen molar-refractivity contribution < 1.29 is 9.18 Å². The number of hydrogen-bond acceptors (Lipinski definition) is 4. The summed E-state index contributed by atoms with van der Waals surface area (Å²) in [6.45, 7) is 1.76. The van der Waals surface area contributed by atoms with Crippen molar-refractivity contribution in [2.24, 2.45) is 0 Å². The quantitative estimate of drug-likeness (QED) is 0.644. The van der Waals surface area contributed by atoms with Crippen LogP contribution in [0.1, 0.15) is 6.92 Å². The van der Waals surface area contributed by atoms with Crippen LogP contribution in [0.15, 0.2) is 46.8 Å². The van der Waals surface area contributed by atoms with Gasteiger partial charge in [-0.2, -0.15) is 0 Å². The van der Waals surface area contributed by atoms with Gasteiger partial charge in [-0.25, -0.2) is 9.37 Å². The Bertz CT molecular complexity index is 868. The van der Waals surface area contributed by atoms with Crippen molar-refractivity contribution in [3.8, 4) is 0 Å². The highest BCUT2D eigenvalue weighted by Crippen LogP contribution is 2.33. The van der Waals surface area contributed by atoms with Gasteiger partial charge in [0.1, 0.15) is 5.82 Å². The number of benzene rings is 2. The van der Waals surface area contributed by atoms with Crippen LogP contribution >= 0.6 is 34.7 Å². The minimum absolute atomic E-state index is 0.182. The lowest BCUT2D eigenvalue weighted by Crippen LogP contribution is -2.22. The Morgan fingerprint density at radius 3 is 2.91 bits per heavy atom. The minimum Gasteiger partial charge on any atom is -0.323 e. The molecule has 0 spiro atoms. The maximum Gasteiger partial charge on any atom is 0.237 e. The normalized spacial score (nSPS) is 12.3. The Morgan fingerprint density at radius 1 is 1.35 bits per heavy atom. The van der Waals surface area contributed by atoms with E-state index in [9.17, 15) is 9.18 Å². The number of amides is 1. The first-order valence-corrected chi connectivity index (χ1v) is 8.88. The Kier molecular flexibility index (Phi) is 4.84. The maximum atomic E-state index is 13.6. The van der Waals surface area contributed by atoms with Crippen LogP contribution in [0.3, 0.4) is 0 Å². The summed E-state index contributed by atoms with van der Waals surface area (Å²) in [7, 11) is 0. The Labute approximate surface area is 145 Å². The van der Waals surface area contributed by atoms with Crippen LogP contribution in [-0.4, -0.2) is 16.1 Å². The van der Waals surface area contributed by atoms with Gasteiger partial charge in [0.05, 0.1) is 21.2 Å². The summed E-state index contributed by atoms with van der Waals surface area (Å²) >= 11 is 8.79. The second kappa shape index (κ2) is 6.86. The summed E-state index contributed by atoms with van der Waals surface area (Å²) in [6, 6.07) is 11.6. The lowest BCUT2D eigenvalue weighted by atomic mass is 10.3. The molecule has 0 fully saturated rings. The van der Waals surface area contributed by atoms with Gasteiger partial charge in [0.15, 0.2) is 4.34 Å². The van der Waals surface area contributed by atoms with E-state index in [1.807, 2.05) is 12.1 Å². The first-order chi connectivity index (χ1) is 11.0. The van der Waals surface area contributed by atoms with Crippen LogP contribution in [-0.2, 0) is 4.79 Å². The van der Waals surface area contributed by atoms with Crippen molar-refractivity contribution in [1.82, 2.24) is 4.98 Å². The fourth-order valence-corrected chi connectivity index (χ4v) is 4.29. The van der Waals surface area contributed by atoms with Crippen molar-refractivity contribution >= 4 is 56.5 Å². The first kappa shape index (κ1) is 16.2. The monoisotopic (exact) mass is 366 g/mol.